The maximum atomic E-state index is 12.3. The van der Waals surface area contributed by atoms with E-state index in [0.717, 1.165) is 30.8 Å². The molecule has 22 heavy (non-hydrogen) atoms. The number of hydrogen-bond donors (Lipinski definition) is 0. The van der Waals surface area contributed by atoms with Crippen LogP contribution in [0.5, 0.6) is 0 Å². The second kappa shape index (κ2) is 7.07. The number of carbonyl (C=O) groups is 1. The van der Waals surface area contributed by atoms with Crippen LogP contribution >= 0.6 is 0 Å². The van der Waals surface area contributed by atoms with Gasteiger partial charge in [0.2, 0.25) is 0 Å². The van der Waals surface area contributed by atoms with Crippen LogP contribution in [0.15, 0.2) is 54.7 Å². The van der Waals surface area contributed by atoms with Crippen LogP contribution in [-0.2, 0) is 16.1 Å². The maximum Gasteiger partial charge on any atom is 0.311 e. The molecule has 1 aromatic heterocycles. The van der Waals surface area contributed by atoms with Gasteiger partial charge in [0, 0.05) is 19.3 Å². The highest BCUT2D eigenvalue weighted by molar-refractivity contribution is 5.73. The van der Waals surface area contributed by atoms with Crippen molar-refractivity contribution in [2.75, 3.05) is 18.0 Å². The number of rotatable bonds is 4. The molecule has 4 heteroatoms. The molecule has 0 amide bonds. The molecule has 1 saturated heterocycles. The number of pyridine rings is 1. The van der Waals surface area contributed by atoms with Gasteiger partial charge in [0.15, 0.2) is 0 Å². The van der Waals surface area contributed by atoms with Gasteiger partial charge < -0.3 is 9.64 Å². The zero-order chi connectivity index (χ0) is 15.2. The average molecular weight is 296 g/mol. The summed E-state index contributed by atoms with van der Waals surface area (Å²) in [6, 6.07) is 15.6. The Morgan fingerprint density at radius 3 is 2.77 bits per heavy atom. The zero-order valence-corrected chi connectivity index (χ0v) is 12.5. The maximum absolute atomic E-state index is 12.3. The first kappa shape index (κ1) is 14.6. The SMILES string of the molecule is O=C(OCc1ccccc1)[C@@H]1CCCN(c2ccccn2)C1. The van der Waals surface area contributed by atoms with Crippen LogP contribution in [0.3, 0.4) is 0 Å². The minimum atomic E-state index is -0.107. The summed E-state index contributed by atoms with van der Waals surface area (Å²) in [6.07, 6.45) is 3.66. The van der Waals surface area contributed by atoms with Gasteiger partial charge in [-0.15, -0.1) is 0 Å². The third-order valence-corrected chi connectivity index (χ3v) is 3.95. The van der Waals surface area contributed by atoms with Crippen LogP contribution < -0.4 is 4.90 Å². The topological polar surface area (TPSA) is 42.4 Å². The third kappa shape index (κ3) is 3.64. The molecule has 0 unspecified atom stereocenters. The lowest BCUT2D eigenvalue weighted by molar-refractivity contribution is -0.150. The standard InChI is InChI=1S/C18H20N2O2/c21-18(22-14-15-7-2-1-3-8-15)16-9-6-12-20(13-16)17-10-4-5-11-19-17/h1-5,7-8,10-11,16H,6,9,12-14H2/t16-/m1/s1. The molecule has 1 aromatic carbocycles. The van der Waals surface area contributed by atoms with Crippen LogP contribution in [0.1, 0.15) is 18.4 Å². The number of benzene rings is 1. The largest absolute Gasteiger partial charge is 0.461 e. The molecule has 0 bridgehead atoms. The van der Waals surface area contributed by atoms with Gasteiger partial charge in [-0.2, -0.15) is 0 Å². The van der Waals surface area contributed by atoms with Crippen molar-refractivity contribution < 1.29 is 9.53 Å². The highest BCUT2D eigenvalue weighted by Gasteiger charge is 2.27. The quantitative estimate of drug-likeness (QED) is 0.813. The van der Waals surface area contributed by atoms with Gasteiger partial charge in [0.1, 0.15) is 12.4 Å². The molecule has 2 aromatic rings. The number of aromatic nitrogens is 1. The summed E-state index contributed by atoms with van der Waals surface area (Å²) in [4.78, 5) is 18.8. The molecule has 1 atom stereocenters. The van der Waals surface area contributed by atoms with Crippen molar-refractivity contribution in [1.29, 1.82) is 0 Å². The number of nitrogens with zero attached hydrogens (tertiary/aromatic N) is 2. The van der Waals surface area contributed by atoms with E-state index in [1.54, 1.807) is 6.20 Å². The van der Waals surface area contributed by atoms with E-state index in [2.05, 4.69) is 9.88 Å². The van der Waals surface area contributed by atoms with Crippen LogP contribution in [0.4, 0.5) is 5.82 Å². The molecule has 2 heterocycles. The van der Waals surface area contributed by atoms with Crippen molar-refractivity contribution >= 4 is 11.8 Å². The third-order valence-electron chi connectivity index (χ3n) is 3.95. The first-order valence-corrected chi connectivity index (χ1v) is 7.69. The minimum absolute atomic E-state index is 0.0699. The molecule has 1 aliphatic rings. The van der Waals surface area contributed by atoms with Crippen molar-refractivity contribution in [3.8, 4) is 0 Å². The van der Waals surface area contributed by atoms with E-state index in [1.165, 1.54) is 0 Å². The van der Waals surface area contributed by atoms with E-state index in [9.17, 15) is 4.79 Å². The van der Waals surface area contributed by atoms with E-state index >= 15 is 0 Å². The number of ether oxygens (including phenoxy) is 1. The summed E-state index contributed by atoms with van der Waals surface area (Å²) in [5, 5.41) is 0. The van der Waals surface area contributed by atoms with E-state index < -0.39 is 0 Å². The van der Waals surface area contributed by atoms with Crippen LogP contribution in [0, 0.1) is 5.92 Å². The van der Waals surface area contributed by atoms with E-state index in [1.807, 2.05) is 48.5 Å². The molecule has 0 aliphatic carbocycles. The van der Waals surface area contributed by atoms with Gasteiger partial charge in [-0.05, 0) is 30.5 Å². The van der Waals surface area contributed by atoms with E-state index in [4.69, 9.17) is 4.74 Å². The molecule has 4 nitrogen and oxygen atoms in total. The van der Waals surface area contributed by atoms with Gasteiger partial charge in [0.25, 0.3) is 0 Å². The van der Waals surface area contributed by atoms with Crippen molar-refractivity contribution in [2.24, 2.45) is 5.92 Å². The minimum Gasteiger partial charge on any atom is -0.461 e. The normalized spacial score (nSPS) is 18.0. The molecule has 114 valence electrons. The Hall–Kier alpha value is -2.36. The second-order valence-electron chi connectivity index (χ2n) is 5.57. The highest BCUT2D eigenvalue weighted by Crippen LogP contribution is 2.22. The lowest BCUT2D eigenvalue weighted by atomic mass is 9.98. The number of piperidine rings is 1. The Labute approximate surface area is 130 Å². The predicted octanol–water partition coefficient (Wildman–Crippen LogP) is 3.04. The number of hydrogen-bond acceptors (Lipinski definition) is 4. The molecule has 0 spiro atoms. The Bertz CT molecular complexity index is 601. The van der Waals surface area contributed by atoms with Crippen LogP contribution in [0.2, 0.25) is 0 Å². The first-order chi connectivity index (χ1) is 10.8. The summed E-state index contributed by atoms with van der Waals surface area (Å²) >= 11 is 0. The van der Waals surface area contributed by atoms with E-state index in [0.29, 0.717) is 13.2 Å². The van der Waals surface area contributed by atoms with Crippen molar-refractivity contribution in [3.63, 3.8) is 0 Å². The number of esters is 1. The molecule has 0 N–H and O–H groups in total. The Morgan fingerprint density at radius 1 is 1.18 bits per heavy atom. The summed E-state index contributed by atoms with van der Waals surface area (Å²) in [7, 11) is 0. The predicted molar refractivity (Wildman–Crippen MR) is 85.4 cm³/mol. The molecular weight excluding hydrogens is 276 g/mol. The van der Waals surface area contributed by atoms with Crippen molar-refractivity contribution in [3.05, 3.63) is 60.3 Å². The van der Waals surface area contributed by atoms with Crippen molar-refractivity contribution in [2.45, 2.75) is 19.4 Å². The Balaban J connectivity index is 1.56. The average Bonchev–Trinajstić information content (AvgIpc) is 2.61. The fourth-order valence-electron chi connectivity index (χ4n) is 2.76. The molecule has 0 saturated carbocycles. The monoisotopic (exact) mass is 296 g/mol. The lowest BCUT2D eigenvalue weighted by Crippen LogP contribution is -2.39. The Morgan fingerprint density at radius 2 is 2.00 bits per heavy atom. The molecule has 0 radical (unpaired) electrons. The molecule has 3 rings (SSSR count). The zero-order valence-electron chi connectivity index (χ0n) is 12.5. The fourth-order valence-corrected chi connectivity index (χ4v) is 2.76. The van der Waals surface area contributed by atoms with Gasteiger partial charge >= 0.3 is 5.97 Å². The van der Waals surface area contributed by atoms with Crippen LogP contribution in [0.25, 0.3) is 0 Å². The summed E-state index contributed by atoms with van der Waals surface area (Å²) in [5.74, 6) is 0.756. The second-order valence-corrected chi connectivity index (χ2v) is 5.57. The summed E-state index contributed by atoms with van der Waals surface area (Å²) in [6.45, 7) is 1.98. The summed E-state index contributed by atoms with van der Waals surface area (Å²) < 4.78 is 5.47. The lowest BCUT2D eigenvalue weighted by Gasteiger charge is -2.32. The first-order valence-electron chi connectivity index (χ1n) is 7.69. The van der Waals surface area contributed by atoms with Gasteiger partial charge in [-0.1, -0.05) is 36.4 Å². The van der Waals surface area contributed by atoms with Crippen molar-refractivity contribution in [1.82, 2.24) is 4.98 Å². The summed E-state index contributed by atoms with van der Waals surface area (Å²) in [5.41, 5.74) is 1.02. The molecule has 1 aliphatic heterocycles. The van der Waals surface area contributed by atoms with Gasteiger partial charge in [-0.3, -0.25) is 4.79 Å². The molecule has 1 fully saturated rings. The highest BCUT2D eigenvalue weighted by atomic mass is 16.5. The Kier molecular flexibility index (Phi) is 4.68. The molecular formula is C18H20N2O2. The van der Waals surface area contributed by atoms with Gasteiger partial charge in [0.05, 0.1) is 5.92 Å². The smallest absolute Gasteiger partial charge is 0.311 e. The van der Waals surface area contributed by atoms with Crippen LogP contribution in [-0.4, -0.2) is 24.0 Å². The van der Waals surface area contributed by atoms with E-state index in [-0.39, 0.29) is 11.9 Å². The number of anilines is 1. The fraction of sp³-hybridized carbons (Fsp3) is 0.333. The number of carbonyl (C=O) groups excluding carboxylic acids is 1. The van der Waals surface area contributed by atoms with Gasteiger partial charge in [-0.25, -0.2) is 4.98 Å².